The lowest BCUT2D eigenvalue weighted by Gasteiger charge is -2.04. The zero-order valence-electron chi connectivity index (χ0n) is 15.5. The Kier molecular flexibility index (Phi) is 4.46. The van der Waals surface area contributed by atoms with E-state index in [-0.39, 0.29) is 0 Å². The lowest BCUT2D eigenvalue weighted by molar-refractivity contribution is 0.587. The largest absolute Gasteiger partial charge is 0.329 e. The van der Waals surface area contributed by atoms with Gasteiger partial charge in [-0.15, -0.1) is 0 Å². The first-order valence-corrected chi connectivity index (χ1v) is 9.62. The summed E-state index contributed by atoms with van der Waals surface area (Å²) in [5.74, 6) is 2.48. The Hall–Kier alpha value is -3.26. The molecule has 3 aromatic heterocycles. The Morgan fingerprint density at radius 1 is 1.14 bits per heavy atom. The van der Waals surface area contributed by atoms with Crippen LogP contribution >= 0.6 is 0 Å². The first-order chi connectivity index (χ1) is 13.9. The number of hydrogen-bond acceptors (Lipinski definition) is 5. The van der Waals surface area contributed by atoms with Crippen molar-refractivity contribution in [2.45, 2.75) is 32.5 Å². The van der Waals surface area contributed by atoms with Crippen molar-refractivity contribution < 1.29 is 0 Å². The first kappa shape index (κ1) is 16.9. The number of nitrogens with one attached hydrogen (secondary N) is 2. The highest BCUT2D eigenvalue weighted by molar-refractivity contribution is 5.54. The molecule has 0 spiro atoms. The molecular weight excluding hydrogens is 352 g/mol. The van der Waals surface area contributed by atoms with E-state index in [2.05, 4.69) is 40.8 Å². The van der Waals surface area contributed by atoms with E-state index in [1.54, 1.807) is 0 Å². The summed E-state index contributed by atoms with van der Waals surface area (Å²) >= 11 is 0. The molecule has 2 N–H and O–H groups in total. The fourth-order valence-corrected chi connectivity index (χ4v) is 3.54. The summed E-state index contributed by atoms with van der Waals surface area (Å²) in [6.07, 6.45) is 5.66. The number of fused-ring (bicyclic) bond motifs is 1. The van der Waals surface area contributed by atoms with Crippen molar-refractivity contribution >= 4 is 0 Å². The van der Waals surface area contributed by atoms with Gasteiger partial charge in [-0.3, -0.25) is 9.78 Å². The molecule has 0 saturated carbocycles. The van der Waals surface area contributed by atoms with E-state index < -0.39 is 0 Å². The summed E-state index contributed by atoms with van der Waals surface area (Å²) in [4.78, 5) is 9.16. The molecule has 1 aliphatic rings. The van der Waals surface area contributed by atoms with Crippen LogP contribution in [0.5, 0.6) is 0 Å². The highest BCUT2D eigenvalue weighted by atomic mass is 15.3. The summed E-state index contributed by atoms with van der Waals surface area (Å²) < 4.78 is 4.22. The van der Waals surface area contributed by atoms with Gasteiger partial charge in [0.15, 0.2) is 11.6 Å². The van der Waals surface area contributed by atoms with E-state index in [9.17, 15) is 0 Å². The van der Waals surface area contributed by atoms with Crippen LogP contribution in [0, 0.1) is 0 Å². The van der Waals surface area contributed by atoms with Crippen molar-refractivity contribution in [2.24, 2.45) is 0 Å². The van der Waals surface area contributed by atoms with E-state index in [1.165, 1.54) is 5.69 Å². The van der Waals surface area contributed by atoms with E-state index in [4.69, 9.17) is 5.10 Å². The number of aromatic nitrogens is 7. The molecule has 0 saturated heterocycles. The molecule has 28 heavy (non-hydrogen) atoms. The predicted octanol–water partition coefficient (Wildman–Crippen LogP) is 2.27. The maximum atomic E-state index is 4.77. The zero-order valence-corrected chi connectivity index (χ0v) is 15.5. The molecule has 0 unspecified atom stereocenters. The fourth-order valence-electron chi connectivity index (χ4n) is 3.54. The van der Waals surface area contributed by atoms with Crippen LogP contribution in [-0.2, 0) is 26.1 Å². The van der Waals surface area contributed by atoms with Crippen LogP contribution in [0.3, 0.4) is 0 Å². The third kappa shape index (κ3) is 3.34. The van der Waals surface area contributed by atoms with Crippen LogP contribution in [0.25, 0.3) is 22.9 Å². The molecular formula is C20H22N8. The molecule has 0 fully saturated rings. The van der Waals surface area contributed by atoms with Crippen LogP contribution in [-0.4, -0.2) is 41.1 Å². The molecule has 8 heteroatoms. The molecule has 4 heterocycles. The van der Waals surface area contributed by atoms with Gasteiger partial charge in [0.05, 0.1) is 5.69 Å². The van der Waals surface area contributed by atoms with Gasteiger partial charge >= 0.3 is 0 Å². The molecule has 0 aliphatic carbocycles. The van der Waals surface area contributed by atoms with Gasteiger partial charge < -0.3 is 9.88 Å². The van der Waals surface area contributed by atoms with E-state index in [0.29, 0.717) is 0 Å². The Bertz CT molecular complexity index is 1040. The Morgan fingerprint density at radius 3 is 3.00 bits per heavy atom. The lowest BCUT2D eigenvalue weighted by atomic mass is 10.2. The quantitative estimate of drug-likeness (QED) is 0.559. The minimum atomic E-state index is 0.729. The second-order valence-corrected chi connectivity index (χ2v) is 6.94. The maximum absolute atomic E-state index is 4.77. The van der Waals surface area contributed by atoms with Crippen LogP contribution in [0.2, 0.25) is 0 Å². The van der Waals surface area contributed by atoms with Gasteiger partial charge in [0.25, 0.3) is 0 Å². The van der Waals surface area contributed by atoms with Crippen molar-refractivity contribution in [3.63, 3.8) is 0 Å². The number of nitrogens with zero attached hydrogens (tertiary/aromatic N) is 6. The molecule has 0 radical (unpaired) electrons. The summed E-state index contributed by atoms with van der Waals surface area (Å²) in [6.45, 7) is 3.60. The molecule has 0 amide bonds. The number of aromatic amines is 1. The number of hydrogen-bond donors (Lipinski definition) is 2. The van der Waals surface area contributed by atoms with Gasteiger partial charge in [-0.25, -0.2) is 9.97 Å². The Balaban J connectivity index is 1.32. The van der Waals surface area contributed by atoms with Gasteiger partial charge in [0.2, 0.25) is 0 Å². The van der Waals surface area contributed by atoms with Gasteiger partial charge in [0, 0.05) is 44.0 Å². The zero-order chi connectivity index (χ0) is 18.8. The summed E-state index contributed by atoms with van der Waals surface area (Å²) in [7, 11) is 0. The number of aryl methyl sites for hydroxylation is 3. The average molecular weight is 374 g/mol. The third-order valence-electron chi connectivity index (χ3n) is 4.99. The highest BCUT2D eigenvalue weighted by Crippen LogP contribution is 2.20. The SMILES string of the molecule is c1ccc(-c2n[nH]c(CCn3ccnc3-c3cc4n(n3)CCCNC4)n2)cc1. The van der Waals surface area contributed by atoms with Crippen LogP contribution in [0.1, 0.15) is 17.9 Å². The van der Waals surface area contributed by atoms with Gasteiger partial charge in [0.1, 0.15) is 11.5 Å². The van der Waals surface area contributed by atoms with Gasteiger partial charge in [-0.2, -0.15) is 10.2 Å². The van der Waals surface area contributed by atoms with Crippen molar-refractivity contribution in [2.75, 3.05) is 6.54 Å². The number of imidazole rings is 1. The summed E-state index contributed by atoms with van der Waals surface area (Å²) in [6, 6.07) is 12.1. The maximum Gasteiger partial charge on any atom is 0.181 e. The second kappa shape index (κ2) is 7.40. The highest BCUT2D eigenvalue weighted by Gasteiger charge is 2.15. The Morgan fingerprint density at radius 2 is 2.07 bits per heavy atom. The van der Waals surface area contributed by atoms with E-state index >= 15 is 0 Å². The van der Waals surface area contributed by atoms with Crippen molar-refractivity contribution in [3.8, 4) is 22.9 Å². The molecule has 142 valence electrons. The van der Waals surface area contributed by atoms with Crippen LogP contribution in [0.15, 0.2) is 48.8 Å². The topological polar surface area (TPSA) is 89.2 Å². The minimum absolute atomic E-state index is 0.729. The smallest absolute Gasteiger partial charge is 0.181 e. The molecule has 4 aromatic rings. The first-order valence-electron chi connectivity index (χ1n) is 9.62. The van der Waals surface area contributed by atoms with Crippen molar-refractivity contribution in [1.29, 1.82) is 0 Å². The third-order valence-corrected chi connectivity index (χ3v) is 4.99. The van der Waals surface area contributed by atoms with E-state index in [0.717, 1.165) is 67.8 Å². The predicted molar refractivity (Wildman–Crippen MR) is 105 cm³/mol. The molecule has 0 bridgehead atoms. The van der Waals surface area contributed by atoms with Crippen molar-refractivity contribution in [1.82, 2.24) is 39.8 Å². The molecule has 8 nitrogen and oxygen atoms in total. The molecule has 5 rings (SSSR count). The number of benzene rings is 1. The van der Waals surface area contributed by atoms with E-state index in [1.807, 2.05) is 42.7 Å². The van der Waals surface area contributed by atoms with Crippen LogP contribution in [0.4, 0.5) is 0 Å². The molecule has 1 aliphatic heterocycles. The van der Waals surface area contributed by atoms with Crippen LogP contribution < -0.4 is 5.32 Å². The monoisotopic (exact) mass is 374 g/mol. The lowest BCUT2D eigenvalue weighted by Crippen LogP contribution is -2.11. The van der Waals surface area contributed by atoms with Crippen molar-refractivity contribution in [3.05, 3.63) is 60.3 Å². The molecule has 0 atom stereocenters. The fraction of sp³-hybridized carbons (Fsp3) is 0.300. The number of rotatable bonds is 5. The minimum Gasteiger partial charge on any atom is -0.329 e. The normalized spacial score (nSPS) is 14.0. The van der Waals surface area contributed by atoms with Gasteiger partial charge in [-0.05, 0) is 19.0 Å². The summed E-state index contributed by atoms with van der Waals surface area (Å²) in [5, 5.41) is 15.6. The van der Waals surface area contributed by atoms with Gasteiger partial charge in [-0.1, -0.05) is 30.3 Å². The summed E-state index contributed by atoms with van der Waals surface area (Å²) in [5.41, 5.74) is 3.15. The number of H-pyrrole nitrogens is 1. The standard InChI is InChI=1S/C20H22N8/c1-2-5-15(6-3-1)19-23-18(24-25-19)7-11-27-12-9-22-20(27)17-13-16-14-21-8-4-10-28(16)26-17/h1-3,5-6,9,12-13,21H,4,7-8,10-11,14H2,(H,23,24,25). The Labute approximate surface area is 162 Å². The average Bonchev–Trinajstić information content (AvgIpc) is 3.44. The molecule has 1 aromatic carbocycles. The second-order valence-electron chi connectivity index (χ2n) is 6.94.